The molecule has 1 saturated heterocycles. The maximum atomic E-state index is 13.0. The molecular weight excluding hydrogens is 394 g/mol. The average Bonchev–Trinajstić information content (AvgIpc) is 2.83. The van der Waals surface area contributed by atoms with Gasteiger partial charge in [-0.05, 0) is 24.5 Å². The van der Waals surface area contributed by atoms with Crippen LogP contribution < -0.4 is 0 Å². The third-order valence-electron chi connectivity index (χ3n) is 5.83. The molecule has 0 saturated carbocycles. The molecule has 0 radical (unpaired) electrons. The largest absolute Gasteiger partial charge is 0.431 e. The zero-order valence-electron chi connectivity index (χ0n) is 17.1. The highest BCUT2D eigenvalue weighted by molar-refractivity contribution is 7.90. The van der Waals surface area contributed by atoms with Gasteiger partial charge in [0.1, 0.15) is 11.0 Å². The summed E-state index contributed by atoms with van der Waals surface area (Å²) in [4.78, 5) is 23.6. The van der Waals surface area contributed by atoms with Gasteiger partial charge in [-0.1, -0.05) is 37.3 Å². The molecular formula is C21H27NO6S. The topological polar surface area (TPSA) is 90.0 Å². The fourth-order valence-electron chi connectivity index (χ4n) is 4.55. The van der Waals surface area contributed by atoms with E-state index in [9.17, 15) is 18.0 Å². The Hall–Kier alpha value is -2.19. The van der Waals surface area contributed by atoms with E-state index in [2.05, 4.69) is 0 Å². The molecule has 8 heteroatoms. The molecule has 3 rings (SSSR count). The number of hydrogen-bond donors (Lipinski definition) is 0. The van der Waals surface area contributed by atoms with Gasteiger partial charge in [-0.3, -0.25) is 9.59 Å². The molecule has 29 heavy (non-hydrogen) atoms. The van der Waals surface area contributed by atoms with E-state index in [-0.39, 0.29) is 17.8 Å². The molecule has 1 aromatic rings. The van der Waals surface area contributed by atoms with Crippen molar-refractivity contribution < 1.29 is 27.5 Å². The molecule has 0 N–H and O–H groups in total. The standard InChI is InChI=1S/C21H27NO6S/c1-13-18(12-27-11-17-8-6-5-7-9-17)21-14(2)22(15(3)23)29(25,26)20(21)10-19(13)28-16(4)24/h5-10,13-14,18,20-21H,11-12H2,1-4H3/t13-,14+,18-,20-,21-/m0/s1. The Morgan fingerprint density at radius 1 is 1.10 bits per heavy atom. The fourth-order valence-corrected chi connectivity index (χ4v) is 6.91. The van der Waals surface area contributed by atoms with Crippen LogP contribution in [0.2, 0.25) is 0 Å². The van der Waals surface area contributed by atoms with Crippen molar-refractivity contribution in [2.75, 3.05) is 6.61 Å². The van der Waals surface area contributed by atoms with Gasteiger partial charge in [-0.2, -0.15) is 0 Å². The quantitative estimate of drug-likeness (QED) is 0.679. The lowest BCUT2D eigenvalue weighted by molar-refractivity contribution is -0.138. The number of nitrogens with zero attached hydrogens (tertiary/aromatic N) is 1. The number of benzene rings is 1. The first-order chi connectivity index (χ1) is 13.6. The highest BCUT2D eigenvalue weighted by atomic mass is 32.2. The molecule has 2 aliphatic rings. The van der Waals surface area contributed by atoms with Gasteiger partial charge in [0, 0.05) is 31.7 Å². The Morgan fingerprint density at radius 2 is 1.76 bits per heavy atom. The number of ether oxygens (including phenoxy) is 2. The van der Waals surface area contributed by atoms with Gasteiger partial charge in [0.2, 0.25) is 15.9 Å². The molecule has 1 fully saturated rings. The van der Waals surface area contributed by atoms with Crippen LogP contribution >= 0.6 is 0 Å². The van der Waals surface area contributed by atoms with Crippen molar-refractivity contribution in [2.24, 2.45) is 17.8 Å². The number of rotatable bonds is 5. The predicted octanol–water partition coefficient (Wildman–Crippen LogP) is 2.48. The highest BCUT2D eigenvalue weighted by Crippen LogP contribution is 2.47. The summed E-state index contributed by atoms with van der Waals surface area (Å²) in [6, 6.07) is 9.19. The summed E-state index contributed by atoms with van der Waals surface area (Å²) in [6.45, 7) is 6.89. The van der Waals surface area contributed by atoms with Crippen LogP contribution in [-0.4, -0.2) is 42.5 Å². The van der Waals surface area contributed by atoms with E-state index in [4.69, 9.17) is 9.47 Å². The van der Waals surface area contributed by atoms with Gasteiger partial charge < -0.3 is 9.47 Å². The Bertz CT molecular complexity index is 910. The molecule has 158 valence electrons. The molecule has 1 aliphatic heterocycles. The molecule has 1 heterocycles. The second kappa shape index (κ2) is 8.28. The third-order valence-corrected chi connectivity index (χ3v) is 8.11. The van der Waals surface area contributed by atoms with Crippen molar-refractivity contribution in [3.8, 4) is 0 Å². The molecule has 1 aliphatic carbocycles. The van der Waals surface area contributed by atoms with Crippen molar-refractivity contribution in [2.45, 2.75) is 45.6 Å². The number of hydrogen-bond acceptors (Lipinski definition) is 6. The maximum Gasteiger partial charge on any atom is 0.307 e. The van der Waals surface area contributed by atoms with Gasteiger partial charge in [0.05, 0.1) is 13.2 Å². The number of esters is 1. The minimum Gasteiger partial charge on any atom is -0.431 e. The highest BCUT2D eigenvalue weighted by Gasteiger charge is 2.57. The molecule has 0 unspecified atom stereocenters. The monoisotopic (exact) mass is 421 g/mol. The third kappa shape index (κ3) is 4.09. The summed E-state index contributed by atoms with van der Waals surface area (Å²) in [5, 5.41) is -0.919. The van der Waals surface area contributed by atoms with Crippen LogP contribution in [0, 0.1) is 17.8 Å². The Kier molecular flexibility index (Phi) is 6.14. The summed E-state index contributed by atoms with van der Waals surface area (Å²) in [6.07, 6.45) is 1.50. The number of amides is 1. The Morgan fingerprint density at radius 3 is 2.34 bits per heavy atom. The van der Waals surface area contributed by atoms with Gasteiger partial charge in [-0.25, -0.2) is 12.7 Å². The molecule has 1 aromatic carbocycles. The summed E-state index contributed by atoms with van der Waals surface area (Å²) in [5.41, 5.74) is 1.01. The number of sulfonamides is 1. The lowest BCUT2D eigenvalue weighted by Crippen LogP contribution is -2.42. The van der Waals surface area contributed by atoms with E-state index < -0.39 is 33.2 Å². The van der Waals surface area contributed by atoms with Crippen molar-refractivity contribution in [3.05, 3.63) is 47.7 Å². The van der Waals surface area contributed by atoms with Crippen LogP contribution in [0.4, 0.5) is 0 Å². The zero-order valence-corrected chi connectivity index (χ0v) is 17.9. The smallest absolute Gasteiger partial charge is 0.307 e. The van der Waals surface area contributed by atoms with Crippen LogP contribution in [0.3, 0.4) is 0 Å². The van der Waals surface area contributed by atoms with Gasteiger partial charge in [0.25, 0.3) is 0 Å². The molecule has 0 bridgehead atoms. The van der Waals surface area contributed by atoms with Crippen LogP contribution in [-0.2, 0) is 35.7 Å². The van der Waals surface area contributed by atoms with Gasteiger partial charge in [-0.15, -0.1) is 0 Å². The first-order valence-electron chi connectivity index (χ1n) is 9.70. The molecule has 0 spiro atoms. The Balaban J connectivity index is 1.90. The number of carbonyl (C=O) groups excluding carboxylic acids is 2. The van der Waals surface area contributed by atoms with E-state index in [1.54, 1.807) is 6.92 Å². The van der Waals surface area contributed by atoms with E-state index in [1.165, 1.54) is 19.9 Å². The maximum absolute atomic E-state index is 13.0. The van der Waals surface area contributed by atoms with Crippen LogP contribution in [0.15, 0.2) is 42.2 Å². The average molecular weight is 422 g/mol. The van der Waals surface area contributed by atoms with E-state index in [0.717, 1.165) is 9.87 Å². The van der Waals surface area contributed by atoms with Crippen LogP contribution in [0.5, 0.6) is 0 Å². The van der Waals surface area contributed by atoms with Crippen LogP contribution in [0.1, 0.15) is 33.3 Å². The second-order valence-electron chi connectivity index (χ2n) is 7.76. The minimum atomic E-state index is -3.88. The van der Waals surface area contributed by atoms with Crippen molar-refractivity contribution in [3.63, 3.8) is 0 Å². The number of fused-ring (bicyclic) bond motifs is 1. The summed E-state index contributed by atoms with van der Waals surface area (Å²) in [7, 11) is -3.88. The molecule has 7 nitrogen and oxygen atoms in total. The number of carbonyl (C=O) groups is 2. The van der Waals surface area contributed by atoms with Gasteiger partial charge >= 0.3 is 5.97 Å². The predicted molar refractivity (Wildman–Crippen MR) is 107 cm³/mol. The van der Waals surface area contributed by atoms with Crippen molar-refractivity contribution >= 4 is 21.9 Å². The molecule has 0 aromatic heterocycles. The summed E-state index contributed by atoms with van der Waals surface area (Å²) in [5.74, 6) is -1.47. The number of allylic oxidation sites excluding steroid dienone is 1. The van der Waals surface area contributed by atoms with Crippen molar-refractivity contribution in [1.29, 1.82) is 0 Å². The first kappa shape index (κ1) is 21.5. The Labute approximate surface area is 171 Å². The fraction of sp³-hybridized carbons (Fsp3) is 0.524. The van der Waals surface area contributed by atoms with E-state index in [0.29, 0.717) is 19.0 Å². The lowest BCUT2D eigenvalue weighted by atomic mass is 9.72. The van der Waals surface area contributed by atoms with Gasteiger partial charge in [0.15, 0.2) is 0 Å². The first-order valence-corrected chi connectivity index (χ1v) is 11.2. The summed E-state index contributed by atoms with van der Waals surface area (Å²) >= 11 is 0. The van der Waals surface area contributed by atoms with Crippen molar-refractivity contribution in [1.82, 2.24) is 4.31 Å². The second-order valence-corrected chi connectivity index (χ2v) is 9.73. The minimum absolute atomic E-state index is 0.222. The molecule has 1 amide bonds. The van der Waals surface area contributed by atoms with E-state index in [1.807, 2.05) is 37.3 Å². The van der Waals surface area contributed by atoms with E-state index >= 15 is 0 Å². The lowest BCUT2D eigenvalue weighted by Gasteiger charge is -2.37. The van der Waals surface area contributed by atoms with Crippen LogP contribution in [0.25, 0.3) is 0 Å². The summed E-state index contributed by atoms with van der Waals surface area (Å²) < 4.78 is 38.3. The zero-order chi connectivity index (χ0) is 21.3. The SMILES string of the molecule is CC(=O)OC1=C[C@H]2[C@H]([C@@H](COCc3ccccc3)[C@@H]1C)[C@@H](C)N(C(C)=O)S2(=O)=O. The normalized spacial score (nSPS) is 30.4. The molecule has 5 atom stereocenters.